The standard InChI is InChI=1S/C22H25N5O5/c1-13-23-19(12-20(24-13)31-4)25-14-6-8-15(9-7-14)26-22(28)27-16-10-17(29-2)21(32-5)18(11-16)30-3/h6-12H,1-5H3,(H,23,24,25)(H2,26,27,28). The van der Waals surface area contributed by atoms with Gasteiger partial charge in [-0.3, -0.25) is 0 Å². The molecule has 0 aliphatic heterocycles. The van der Waals surface area contributed by atoms with E-state index >= 15 is 0 Å². The molecule has 1 aromatic heterocycles. The number of carbonyl (C=O) groups excluding carboxylic acids is 1. The van der Waals surface area contributed by atoms with Crippen LogP contribution in [0.15, 0.2) is 42.5 Å². The summed E-state index contributed by atoms with van der Waals surface area (Å²) in [5, 5.41) is 8.71. The quantitative estimate of drug-likeness (QED) is 0.478. The smallest absolute Gasteiger partial charge is 0.323 e. The fraction of sp³-hybridized carbons (Fsp3) is 0.227. The van der Waals surface area contributed by atoms with Crippen LogP contribution in [0.5, 0.6) is 23.1 Å². The SMILES string of the molecule is COc1cc(Nc2ccc(NC(=O)Nc3cc(OC)c(OC)c(OC)c3)cc2)nc(C)n1. The number of hydrogen-bond donors (Lipinski definition) is 3. The lowest BCUT2D eigenvalue weighted by Gasteiger charge is -2.15. The molecular formula is C22H25N5O5. The van der Waals surface area contributed by atoms with Gasteiger partial charge in [0.2, 0.25) is 11.6 Å². The Morgan fingerprint density at radius 1 is 0.750 bits per heavy atom. The topological polar surface area (TPSA) is 116 Å². The van der Waals surface area contributed by atoms with Crippen LogP contribution >= 0.6 is 0 Å². The van der Waals surface area contributed by atoms with Gasteiger partial charge in [0.15, 0.2) is 11.5 Å². The van der Waals surface area contributed by atoms with Crippen molar-refractivity contribution in [1.82, 2.24) is 9.97 Å². The maximum Gasteiger partial charge on any atom is 0.323 e. The van der Waals surface area contributed by atoms with Gasteiger partial charge in [-0.2, -0.15) is 4.98 Å². The second-order valence-electron chi connectivity index (χ2n) is 6.54. The molecule has 168 valence electrons. The third-order valence-corrected chi connectivity index (χ3v) is 4.36. The first-order valence-electron chi connectivity index (χ1n) is 9.60. The molecule has 0 saturated carbocycles. The Labute approximate surface area is 185 Å². The van der Waals surface area contributed by atoms with Crippen LogP contribution in [0.2, 0.25) is 0 Å². The van der Waals surface area contributed by atoms with Crippen LogP contribution in [-0.4, -0.2) is 44.4 Å². The maximum absolute atomic E-state index is 12.4. The zero-order valence-electron chi connectivity index (χ0n) is 18.5. The lowest BCUT2D eigenvalue weighted by molar-refractivity contribution is 0.262. The van der Waals surface area contributed by atoms with Gasteiger partial charge in [-0.15, -0.1) is 0 Å². The summed E-state index contributed by atoms with van der Waals surface area (Å²) >= 11 is 0. The van der Waals surface area contributed by atoms with Gasteiger partial charge in [0.25, 0.3) is 0 Å². The van der Waals surface area contributed by atoms with Crippen LogP contribution < -0.4 is 34.9 Å². The number of ether oxygens (including phenoxy) is 4. The molecule has 0 saturated heterocycles. The molecule has 10 nitrogen and oxygen atoms in total. The summed E-state index contributed by atoms with van der Waals surface area (Å²) in [5.74, 6) is 2.99. The van der Waals surface area contributed by atoms with E-state index in [0.717, 1.165) is 5.69 Å². The number of nitrogens with one attached hydrogen (secondary N) is 3. The highest BCUT2D eigenvalue weighted by molar-refractivity contribution is 6.00. The summed E-state index contributed by atoms with van der Waals surface area (Å²) in [6, 6.07) is 11.7. The minimum absolute atomic E-state index is 0.420. The monoisotopic (exact) mass is 439 g/mol. The van der Waals surface area contributed by atoms with Crippen molar-refractivity contribution in [3.63, 3.8) is 0 Å². The van der Waals surface area contributed by atoms with Gasteiger partial charge in [-0.1, -0.05) is 0 Å². The number of aryl methyl sites for hydroxylation is 1. The molecule has 3 N–H and O–H groups in total. The fourth-order valence-corrected chi connectivity index (χ4v) is 2.94. The van der Waals surface area contributed by atoms with E-state index in [4.69, 9.17) is 18.9 Å². The van der Waals surface area contributed by atoms with E-state index in [1.165, 1.54) is 21.3 Å². The Balaban J connectivity index is 1.66. The fourth-order valence-electron chi connectivity index (χ4n) is 2.94. The minimum Gasteiger partial charge on any atom is -0.493 e. The van der Waals surface area contributed by atoms with Gasteiger partial charge in [-0.05, 0) is 31.2 Å². The van der Waals surface area contributed by atoms with Crippen molar-refractivity contribution in [2.75, 3.05) is 44.4 Å². The Bertz CT molecular complexity index is 1060. The first-order valence-corrected chi connectivity index (χ1v) is 9.60. The first-order chi connectivity index (χ1) is 15.4. The normalized spacial score (nSPS) is 10.2. The summed E-state index contributed by atoms with van der Waals surface area (Å²) in [6.07, 6.45) is 0. The summed E-state index contributed by atoms with van der Waals surface area (Å²) in [5.41, 5.74) is 1.89. The van der Waals surface area contributed by atoms with E-state index in [2.05, 4.69) is 25.9 Å². The molecule has 0 atom stereocenters. The van der Waals surface area contributed by atoms with Crippen LogP contribution in [0, 0.1) is 6.92 Å². The Morgan fingerprint density at radius 2 is 1.34 bits per heavy atom. The van der Waals surface area contributed by atoms with Gasteiger partial charge in [0.05, 0.1) is 34.1 Å². The second kappa shape index (κ2) is 10.2. The van der Waals surface area contributed by atoms with Crippen molar-refractivity contribution in [2.45, 2.75) is 6.92 Å². The summed E-state index contributed by atoms with van der Waals surface area (Å²) < 4.78 is 21.1. The van der Waals surface area contributed by atoms with Crippen molar-refractivity contribution >= 4 is 28.9 Å². The van der Waals surface area contributed by atoms with Crippen LogP contribution in [0.25, 0.3) is 0 Å². The predicted molar refractivity (Wildman–Crippen MR) is 122 cm³/mol. The van der Waals surface area contributed by atoms with Crippen LogP contribution in [-0.2, 0) is 0 Å². The van der Waals surface area contributed by atoms with Gasteiger partial charge in [0, 0.05) is 29.6 Å². The molecule has 0 spiro atoms. The van der Waals surface area contributed by atoms with Crippen molar-refractivity contribution in [1.29, 1.82) is 0 Å². The maximum atomic E-state index is 12.4. The van der Waals surface area contributed by atoms with E-state index in [1.54, 1.807) is 44.4 Å². The lowest BCUT2D eigenvalue weighted by atomic mass is 10.2. The predicted octanol–water partition coefficient (Wildman–Crippen LogP) is 4.21. The van der Waals surface area contributed by atoms with E-state index in [0.29, 0.717) is 46.1 Å². The molecule has 32 heavy (non-hydrogen) atoms. The number of amides is 2. The molecule has 3 rings (SSSR count). The minimum atomic E-state index is -0.420. The number of anilines is 4. The molecule has 0 bridgehead atoms. The Kier molecular flexibility index (Phi) is 7.17. The van der Waals surface area contributed by atoms with Crippen molar-refractivity contribution in [3.8, 4) is 23.1 Å². The highest BCUT2D eigenvalue weighted by Gasteiger charge is 2.14. The molecule has 0 radical (unpaired) electrons. The summed E-state index contributed by atoms with van der Waals surface area (Å²) in [7, 11) is 6.08. The largest absolute Gasteiger partial charge is 0.493 e. The van der Waals surface area contributed by atoms with E-state index in [-0.39, 0.29) is 0 Å². The number of methoxy groups -OCH3 is 4. The zero-order valence-corrected chi connectivity index (χ0v) is 18.5. The average molecular weight is 439 g/mol. The van der Waals surface area contributed by atoms with Gasteiger partial charge in [-0.25, -0.2) is 9.78 Å². The second-order valence-corrected chi connectivity index (χ2v) is 6.54. The first kappa shape index (κ1) is 22.5. The molecule has 2 aromatic carbocycles. The molecule has 1 heterocycles. The van der Waals surface area contributed by atoms with Crippen molar-refractivity contribution in [2.24, 2.45) is 0 Å². The highest BCUT2D eigenvalue weighted by Crippen LogP contribution is 2.39. The van der Waals surface area contributed by atoms with Gasteiger partial charge < -0.3 is 34.9 Å². The van der Waals surface area contributed by atoms with Crippen molar-refractivity contribution < 1.29 is 23.7 Å². The molecule has 0 unspecified atom stereocenters. The third-order valence-electron chi connectivity index (χ3n) is 4.36. The highest BCUT2D eigenvalue weighted by atomic mass is 16.5. The summed E-state index contributed by atoms with van der Waals surface area (Å²) in [4.78, 5) is 20.9. The number of carbonyl (C=O) groups is 1. The van der Waals surface area contributed by atoms with Crippen LogP contribution in [0.1, 0.15) is 5.82 Å². The molecule has 2 amide bonds. The number of nitrogens with zero attached hydrogens (tertiary/aromatic N) is 2. The number of aromatic nitrogens is 2. The Morgan fingerprint density at radius 3 is 1.91 bits per heavy atom. The van der Waals surface area contributed by atoms with Gasteiger partial charge in [0.1, 0.15) is 11.6 Å². The average Bonchev–Trinajstić information content (AvgIpc) is 2.79. The zero-order chi connectivity index (χ0) is 23.1. The molecule has 0 fully saturated rings. The van der Waals surface area contributed by atoms with E-state index < -0.39 is 6.03 Å². The van der Waals surface area contributed by atoms with Crippen LogP contribution in [0.3, 0.4) is 0 Å². The van der Waals surface area contributed by atoms with Crippen molar-refractivity contribution in [3.05, 3.63) is 48.3 Å². The molecule has 10 heteroatoms. The van der Waals surface area contributed by atoms with E-state index in [9.17, 15) is 4.79 Å². The van der Waals surface area contributed by atoms with Gasteiger partial charge >= 0.3 is 6.03 Å². The number of benzene rings is 2. The summed E-state index contributed by atoms with van der Waals surface area (Å²) in [6.45, 7) is 1.79. The van der Waals surface area contributed by atoms with E-state index in [1.807, 2.05) is 12.1 Å². The third kappa shape index (κ3) is 5.48. The molecule has 3 aromatic rings. The molecular weight excluding hydrogens is 414 g/mol. The number of urea groups is 1. The number of rotatable bonds is 8. The Hall–Kier alpha value is -4.21. The number of hydrogen-bond acceptors (Lipinski definition) is 8. The molecule has 0 aliphatic carbocycles. The van der Waals surface area contributed by atoms with Crippen LogP contribution in [0.4, 0.5) is 27.7 Å². The lowest BCUT2D eigenvalue weighted by Crippen LogP contribution is -2.19. The molecule has 0 aliphatic rings.